The third kappa shape index (κ3) is 3.32. The topological polar surface area (TPSA) is 75.4 Å². The van der Waals surface area contributed by atoms with E-state index in [2.05, 4.69) is 5.32 Å². The molecule has 4 heteroatoms. The number of hydrogen-bond donors (Lipinski definition) is 3. The van der Waals surface area contributed by atoms with Gasteiger partial charge in [-0.05, 0) is 5.56 Å². The van der Waals surface area contributed by atoms with Gasteiger partial charge in [-0.3, -0.25) is 4.79 Å². The summed E-state index contributed by atoms with van der Waals surface area (Å²) in [5.74, 6) is -0.372. The van der Waals surface area contributed by atoms with Gasteiger partial charge in [0.15, 0.2) is 0 Å². The first-order valence-corrected chi connectivity index (χ1v) is 5.35. The van der Waals surface area contributed by atoms with E-state index in [1.165, 1.54) is 0 Å². The normalized spacial score (nSPS) is 14.2. The van der Waals surface area contributed by atoms with Crippen LogP contribution < -0.4 is 11.1 Å². The van der Waals surface area contributed by atoms with Gasteiger partial charge in [0.25, 0.3) is 0 Å². The fourth-order valence-electron chi connectivity index (χ4n) is 1.34. The van der Waals surface area contributed by atoms with Gasteiger partial charge in [-0.1, -0.05) is 37.3 Å². The zero-order valence-electron chi connectivity index (χ0n) is 9.39. The monoisotopic (exact) mass is 222 g/mol. The van der Waals surface area contributed by atoms with Crippen LogP contribution in [-0.4, -0.2) is 24.2 Å². The van der Waals surface area contributed by atoms with Gasteiger partial charge >= 0.3 is 0 Å². The number of rotatable bonds is 5. The third-order valence-corrected chi connectivity index (χ3v) is 2.50. The van der Waals surface area contributed by atoms with Crippen LogP contribution in [0.15, 0.2) is 30.3 Å². The largest absolute Gasteiger partial charge is 0.394 e. The number of nitrogens with two attached hydrogens (primary N) is 1. The quantitative estimate of drug-likeness (QED) is 0.676. The number of carbonyl (C=O) groups is 1. The van der Waals surface area contributed by atoms with Gasteiger partial charge in [0, 0.05) is 12.5 Å². The summed E-state index contributed by atoms with van der Waals surface area (Å²) in [6, 6.07) is 9.01. The zero-order valence-corrected chi connectivity index (χ0v) is 9.39. The lowest BCUT2D eigenvalue weighted by atomic mass is 10.1. The maximum absolute atomic E-state index is 11.6. The molecule has 0 heterocycles. The minimum absolute atomic E-state index is 0.118. The Balaban J connectivity index is 2.66. The lowest BCUT2D eigenvalue weighted by Crippen LogP contribution is -2.37. The predicted molar refractivity (Wildman–Crippen MR) is 62.6 cm³/mol. The lowest BCUT2D eigenvalue weighted by Gasteiger charge is -2.18. The van der Waals surface area contributed by atoms with E-state index in [9.17, 15) is 9.90 Å². The molecule has 0 aromatic heterocycles. The van der Waals surface area contributed by atoms with Crippen molar-refractivity contribution < 1.29 is 9.90 Å². The Bertz CT molecular complexity index is 327. The van der Waals surface area contributed by atoms with Crippen LogP contribution in [0.5, 0.6) is 0 Å². The Hall–Kier alpha value is -1.39. The molecule has 0 saturated heterocycles. The first kappa shape index (κ1) is 12.7. The second-order valence-corrected chi connectivity index (χ2v) is 3.79. The van der Waals surface area contributed by atoms with Crippen LogP contribution in [0.25, 0.3) is 0 Å². The fourth-order valence-corrected chi connectivity index (χ4v) is 1.34. The van der Waals surface area contributed by atoms with Gasteiger partial charge < -0.3 is 16.2 Å². The maximum Gasteiger partial charge on any atom is 0.224 e. The Kier molecular flexibility index (Phi) is 4.95. The van der Waals surface area contributed by atoms with E-state index in [1.807, 2.05) is 30.3 Å². The van der Waals surface area contributed by atoms with Crippen molar-refractivity contribution in [2.45, 2.75) is 13.0 Å². The van der Waals surface area contributed by atoms with Crippen LogP contribution in [0.2, 0.25) is 0 Å². The minimum atomic E-state index is -0.359. The van der Waals surface area contributed by atoms with Crippen LogP contribution in [0.1, 0.15) is 18.5 Å². The molecule has 2 atom stereocenters. The Morgan fingerprint density at radius 2 is 2.06 bits per heavy atom. The summed E-state index contributed by atoms with van der Waals surface area (Å²) >= 11 is 0. The number of hydrogen-bond acceptors (Lipinski definition) is 3. The SMILES string of the molecule is CC(CN)C(=O)N[C@@H](CO)c1ccccc1. The van der Waals surface area contributed by atoms with Gasteiger partial charge in [-0.15, -0.1) is 0 Å². The van der Waals surface area contributed by atoms with Crippen molar-refractivity contribution in [1.29, 1.82) is 0 Å². The molecule has 1 amide bonds. The highest BCUT2D eigenvalue weighted by Crippen LogP contribution is 2.12. The van der Waals surface area contributed by atoms with E-state index in [-0.39, 0.29) is 24.5 Å². The summed E-state index contributed by atoms with van der Waals surface area (Å²) in [6.45, 7) is 1.95. The number of amides is 1. The van der Waals surface area contributed by atoms with Crippen LogP contribution >= 0.6 is 0 Å². The van der Waals surface area contributed by atoms with Crippen molar-refractivity contribution >= 4 is 5.91 Å². The minimum Gasteiger partial charge on any atom is -0.394 e. The molecule has 0 bridgehead atoms. The van der Waals surface area contributed by atoms with Crippen molar-refractivity contribution in [3.63, 3.8) is 0 Å². The van der Waals surface area contributed by atoms with E-state index in [4.69, 9.17) is 5.73 Å². The molecule has 1 aromatic rings. The molecule has 1 unspecified atom stereocenters. The molecule has 1 rings (SSSR count). The summed E-state index contributed by atoms with van der Waals surface area (Å²) in [4.78, 5) is 11.6. The molecule has 0 fully saturated rings. The number of nitrogens with one attached hydrogen (secondary N) is 1. The van der Waals surface area contributed by atoms with Gasteiger partial charge in [0.05, 0.1) is 12.6 Å². The van der Waals surface area contributed by atoms with Crippen LogP contribution in [0, 0.1) is 5.92 Å². The lowest BCUT2D eigenvalue weighted by molar-refractivity contribution is -0.125. The average Bonchev–Trinajstić information content (AvgIpc) is 2.35. The molecular weight excluding hydrogens is 204 g/mol. The predicted octanol–water partition coefficient (Wildman–Crippen LogP) is 0.431. The van der Waals surface area contributed by atoms with Gasteiger partial charge in [-0.2, -0.15) is 0 Å². The number of aliphatic hydroxyl groups excluding tert-OH is 1. The van der Waals surface area contributed by atoms with Gasteiger partial charge in [-0.25, -0.2) is 0 Å². The second-order valence-electron chi connectivity index (χ2n) is 3.79. The van der Waals surface area contributed by atoms with Crippen molar-refractivity contribution in [3.8, 4) is 0 Å². The fraction of sp³-hybridized carbons (Fsp3) is 0.417. The summed E-state index contributed by atoms with van der Waals surface area (Å²) in [7, 11) is 0. The highest BCUT2D eigenvalue weighted by Gasteiger charge is 2.16. The standard InChI is InChI=1S/C12H18N2O2/c1-9(7-13)12(16)14-11(8-15)10-5-3-2-4-6-10/h2-6,9,11,15H,7-8,13H2,1H3,(H,14,16)/t9?,11-/m0/s1. The molecular formula is C12H18N2O2. The van der Waals surface area contributed by atoms with E-state index < -0.39 is 0 Å². The summed E-state index contributed by atoms with van der Waals surface area (Å²) < 4.78 is 0. The average molecular weight is 222 g/mol. The van der Waals surface area contributed by atoms with Crippen molar-refractivity contribution in [2.75, 3.05) is 13.2 Å². The van der Waals surface area contributed by atoms with Crippen molar-refractivity contribution in [2.24, 2.45) is 11.7 Å². The Morgan fingerprint density at radius 3 is 2.56 bits per heavy atom. The Morgan fingerprint density at radius 1 is 1.44 bits per heavy atom. The van der Waals surface area contributed by atoms with E-state index in [1.54, 1.807) is 6.92 Å². The van der Waals surface area contributed by atoms with Gasteiger partial charge in [0.2, 0.25) is 5.91 Å². The molecule has 0 saturated carbocycles. The molecule has 0 aliphatic heterocycles. The third-order valence-electron chi connectivity index (χ3n) is 2.50. The molecule has 0 aliphatic rings. The first-order chi connectivity index (χ1) is 7.69. The number of benzene rings is 1. The van der Waals surface area contributed by atoms with Gasteiger partial charge in [0.1, 0.15) is 0 Å². The van der Waals surface area contributed by atoms with E-state index in [0.29, 0.717) is 6.54 Å². The summed E-state index contributed by atoms with van der Waals surface area (Å²) in [5.41, 5.74) is 6.30. The van der Waals surface area contributed by atoms with Crippen LogP contribution in [0.3, 0.4) is 0 Å². The zero-order chi connectivity index (χ0) is 12.0. The highest BCUT2D eigenvalue weighted by molar-refractivity contribution is 5.79. The van der Waals surface area contributed by atoms with Crippen molar-refractivity contribution in [3.05, 3.63) is 35.9 Å². The number of carbonyl (C=O) groups excluding carboxylic acids is 1. The van der Waals surface area contributed by atoms with E-state index in [0.717, 1.165) is 5.56 Å². The summed E-state index contributed by atoms with van der Waals surface area (Å²) in [6.07, 6.45) is 0. The maximum atomic E-state index is 11.6. The second kappa shape index (κ2) is 6.25. The first-order valence-electron chi connectivity index (χ1n) is 5.35. The molecule has 4 nitrogen and oxygen atoms in total. The molecule has 0 spiro atoms. The Labute approximate surface area is 95.5 Å². The summed E-state index contributed by atoms with van der Waals surface area (Å²) in [5, 5.41) is 12.0. The van der Waals surface area contributed by atoms with Crippen LogP contribution in [0.4, 0.5) is 0 Å². The smallest absolute Gasteiger partial charge is 0.224 e. The molecule has 4 N–H and O–H groups in total. The highest BCUT2D eigenvalue weighted by atomic mass is 16.3. The van der Waals surface area contributed by atoms with Crippen LogP contribution in [-0.2, 0) is 4.79 Å². The molecule has 1 aromatic carbocycles. The van der Waals surface area contributed by atoms with Crippen molar-refractivity contribution in [1.82, 2.24) is 5.32 Å². The molecule has 0 aliphatic carbocycles. The molecule has 16 heavy (non-hydrogen) atoms. The van der Waals surface area contributed by atoms with E-state index >= 15 is 0 Å². The number of aliphatic hydroxyl groups is 1. The molecule has 0 radical (unpaired) electrons. The molecule has 88 valence electrons.